The smallest absolute Gasteiger partial charge is 0.429 e. The number of thiophene rings is 1. The molecule has 0 fully saturated rings. The van der Waals surface area contributed by atoms with Gasteiger partial charge < -0.3 is 9.47 Å². The van der Waals surface area contributed by atoms with E-state index in [0.29, 0.717) is 23.2 Å². The number of carbonyl (C=O) groups is 1. The third kappa shape index (κ3) is 5.26. The van der Waals surface area contributed by atoms with Gasteiger partial charge in [-0.2, -0.15) is 13.2 Å². The summed E-state index contributed by atoms with van der Waals surface area (Å²) in [4.78, 5) is 10.9. The first-order chi connectivity index (χ1) is 13.3. The van der Waals surface area contributed by atoms with E-state index in [4.69, 9.17) is 9.47 Å². The minimum Gasteiger partial charge on any atom is -0.452 e. The molecular weight excluding hydrogens is 429 g/mol. The fraction of sp³-hybridized carbons (Fsp3) is 0.316. The Balaban J connectivity index is 2.65. The zero-order valence-electron chi connectivity index (χ0n) is 16.0. The van der Waals surface area contributed by atoms with Crippen molar-refractivity contribution in [1.82, 2.24) is 0 Å². The average Bonchev–Trinajstić information content (AvgIpc) is 3.09. The van der Waals surface area contributed by atoms with Gasteiger partial charge in [-0.15, -0.1) is 11.3 Å². The minimum absolute atomic E-state index is 0.0570. The number of ether oxygens (including phenoxy) is 2. The molecule has 1 aromatic carbocycles. The van der Waals surface area contributed by atoms with E-state index in [2.05, 4.69) is 0 Å². The van der Waals surface area contributed by atoms with Gasteiger partial charge in [0.05, 0.1) is 10.5 Å². The van der Waals surface area contributed by atoms with Crippen LogP contribution in [0.5, 0.6) is 5.75 Å². The first-order valence-corrected chi connectivity index (χ1v) is 11.0. The van der Waals surface area contributed by atoms with Gasteiger partial charge in [0.2, 0.25) is 0 Å². The summed E-state index contributed by atoms with van der Waals surface area (Å²) in [5.74, 6) is -0.866. The van der Waals surface area contributed by atoms with E-state index in [1.54, 1.807) is 13.8 Å². The van der Waals surface area contributed by atoms with Crippen molar-refractivity contribution < 1.29 is 35.9 Å². The van der Waals surface area contributed by atoms with Crippen LogP contribution < -0.4 is 4.74 Å². The Bertz CT molecular complexity index is 1020. The summed E-state index contributed by atoms with van der Waals surface area (Å²) in [5.41, 5.74) is -0.582. The monoisotopic (exact) mass is 448 g/mol. The quantitative estimate of drug-likeness (QED) is 0.352. The molecule has 0 aliphatic rings. The summed E-state index contributed by atoms with van der Waals surface area (Å²) < 4.78 is 73.6. The van der Waals surface area contributed by atoms with Gasteiger partial charge in [0, 0.05) is 18.9 Å². The Hall–Kier alpha value is -2.17. The highest BCUT2D eigenvalue weighted by Gasteiger charge is 2.37. The Labute approximate surface area is 170 Å². The molecule has 0 spiro atoms. The second-order valence-corrected chi connectivity index (χ2v) is 9.51. The fourth-order valence-electron chi connectivity index (χ4n) is 2.59. The molecule has 0 aliphatic carbocycles. The van der Waals surface area contributed by atoms with Crippen LogP contribution in [0.3, 0.4) is 0 Å². The van der Waals surface area contributed by atoms with Crippen molar-refractivity contribution in [3.05, 3.63) is 51.9 Å². The summed E-state index contributed by atoms with van der Waals surface area (Å²) in [6, 6.07) is 6.69. The fourth-order valence-corrected chi connectivity index (χ4v) is 3.91. The van der Waals surface area contributed by atoms with Crippen molar-refractivity contribution in [2.24, 2.45) is 0 Å². The van der Waals surface area contributed by atoms with Crippen LogP contribution in [-0.4, -0.2) is 33.7 Å². The molecule has 29 heavy (non-hydrogen) atoms. The minimum atomic E-state index is -4.63. The van der Waals surface area contributed by atoms with Crippen molar-refractivity contribution >= 4 is 33.0 Å². The van der Waals surface area contributed by atoms with E-state index >= 15 is 0 Å². The number of aldehydes is 1. The third-order valence-electron chi connectivity index (χ3n) is 4.14. The molecule has 1 heterocycles. The number of alkyl halides is 3. The maximum Gasteiger partial charge on any atom is 0.429 e. The van der Waals surface area contributed by atoms with Gasteiger partial charge in [-0.1, -0.05) is 12.1 Å². The normalized spacial score (nSPS) is 13.8. The van der Waals surface area contributed by atoms with Gasteiger partial charge in [0.25, 0.3) is 0 Å². The van der Waals surface area contributed by atoms with Crippen LogP contribution in [0.2, 0.25) is 0 Å². The highest BCUT2D eigenvalue weighted by atomic mass is 32.2. The maximum atomic E-state index is 13.2. The van der Waals surface area contributed by atoms with Crippen molar-refractivity contribution in [3.63, 3.8) is 0 Å². The summed E-state index contributed by atoms with van der Waals surface area (Å²) in [6.45, 7) is 3.22. The van der Waals surface area contributed by atoms with Crippen molar-refractivity contribution in [3.8, 4) is 5.75 Å². The number of benzene rings is 1. The van der Waals surface area contributed by atoms with Gasteiger partial charge in [0.1, 0.15) is 0 Å². The van der Waals surface area contributed by atoms with Crippen LogP contribution >= 0.6 is 11.3 Å². The molecule has 2 aromatic rings. The number of halogens is 3. The molecule has 0 aliphatic heterocycles. The van der Waals surface area contributed by atoms with E-state index in [1.165, 1.54) is 36.8 Å². The molecule has 0 saturated heterocycles. The molecular formula is C19H19F3O5S2. The highest BCUT2D eigenvalue weighted by Crippen LogP contribution is 2.42. The molecule has 0 N–H and O–H groups in total. The summed E-state index contributed by atoms with van der Waals surface area (Å²) in [6.07, 6.45) is -3.28. The molecule has 158 valence electrons. The number of allylic oxidation sites excluding steroid dienone is 1. The molecule has 0 radical (unpaired) electrons. The topological polar surface area (TPSA) is 69.7 Å². The van der Waals surface area contributed by atoms with Crippen molar-refractivity contribution in [2.75, 3.05) is 13.4 Å². The van der Waals surface area contributed by atoms with Gasteiger partial charge in [-0.05, 0) is 43.0 Å². The van der Waals surface area contributed by atoms with E-state index in [9.17, 15) is 26.4 Å². The van der Waals surface area contributed by atoms with Crippen molar-refractivity contribution in [2.45, 2.75) is 30.5 Å². The predicted octanol–water partition coefficient (Wildman–Crippen LogP) is 4.58. The molecule has 0 saturated carbocycles. The zero-order valence-corrected chi connectivity index (χ0v) is 17.7. The van der Waals surface area contributed by atoms with Crippen molar-refractivity contribution in [1.29, 1.82) is 0 Å². The van der Waals surface area contributed by atoms with E-state index < -0.39 is 32.2 Å². The molecule has 10 heteroatoms. The number of rotatable bonds is 7. The lowest BCUT2D eigenvalue weighted by Gasteiger charge is -2.28. The molecule has 5 nitrogen and oxygen atoms in total. The van der Waals surface area contributed by atoms with Crippen LogP contribution in [0, 0.1) is 0 Å². The lowest BCUT2D eigenvalue weighted by Crippen LogP contribution is -2.27. The summed E-state index contributed by atoms with van der Waals surface area (Å²) in [7, 11) is -2.07. The SMILES string of the molecule is COC(C)(C)/C(=C(\C=O)Oc1ccsc1C(F)(F)F)c1ccc(S(C)(=O)=O)cc1. The zero-order chi connectivity index (χ0) is 22.0. The molecule has 0 atom stereocenters. The second-order valence-electron chi connectivity index (χ2n) is 6.58. The standard InChI is InChI=1S/C19H19F3O5S2/c1-18(2,26-3)16(12-5-7-13(8-6-12)29(4,24)25)15(11-23)27-14-9-10-28-17(14)19(20,21)22/h5-11H,1-4H3/b16-15+. The maximum absolute atomic E-state index is 13.2. The van der Waals surface area contributed by atoms with E-state index in [1.807, 2.05) is 0 Å². The third-order valence-corrected chi connectivity index (χ3v) is 6.21. The lowest BCUT2D eigenvalue weighted by atomic mass is 9.90. The molecule has 1 aromatic heterocycles. The summed E-state index contributed by atoms with van der Waals surface area (Å²) >= 11 is 0.448. The Morgan fingerprint density at radius 2 is 1.69 bits per heavy atom. The van der Waals surface area contributed by atoms with Crippen LogP contribution in [0.25, 0.3) is 5.57 Å². The highest BCUT2D eigenvalue weighted by molar-refractivity contribution is 7.90. The van der Waals surface area contributed by atoms with Crippen LogP contribution in [0.1, 0.15) is 24.3 Å². The summed E-state index contributed by atoms with van der Waals surface area (Å²) in [5, 5.41) is 1.21. The predicted molar refractivity (Wildman–Crippen MR) is 104 cm³/mol. The van der Waals surface area contributed by atoms with Crippen LogP contribution in [0.15, 0.2) is 46.4 Å². The largest absolute Gasteiger partial charge is 0.452 e. The van der Waals surface area contributed by atoms with Crippen LogP contribution in [0.4, 0.5) is 13.2 Å². The second kappa shape index (κ2) is 8.29. The Kier molecular flexibility index (Phi) is 6.61. The average molecular weight is 448 g/mol. The number of carbonyl (C=O) groups excluding carboxylic acids is 1. The number of sulfone groups is 1. The number of hydrogen-bond donors (Lipinski definition) is 0. The first kappa shape index (κ1) is 23.1. The van der Waals surface area contributed by atoms with E-state index in [0.717, 1.165) is 12.3 Å². The first-order valence-electron chi connectivity index (χ1n) is 8.19. The van der Waals surface area contributed by atoms with E-state index in [-0.39, 0.29) is 16.2 Å². The van der Waals surface area contributed by atoms with Gasteiger partial charge >= 0.3 is 6.18 Å². The Morgan fingerprint density at radius 1 is 1.10 bits per heavy atom. The molecule has 0 amide bonds. The lowest BCUT2D eigenvalue weighted by molar-refractivity contribution is -0.135. The van der Waals surface area contributed by atoms with Gasteiger partial charge in [0.15, 0.2) is 32.5 Å². The number of hydrogen-bond acceptors (Lipinski definition) is 6. The van der Waals surface area contributed by atoms with Gasteiger partial charge in [-0.3, -0.25) is 4.79 Å². The van der Waals surface area contributed by atoms with Crippen LogP contribution in [-0.2, 0) is 25.5 Å². The Morgan fingerprint density at radius 3 is 2.14 bits per heavy atom. The van der Waals surface area contributed by atoms with Gasteiger partial charge in [-0.25, -0.2) is 8.42 Å². The molecule has 0 bridgehead atoms. The molecule has 0 unspecified atom stereocenters. The molecule has 2 rings (SSSR count). The number of methoxy groups -OCH3 is 1.